The van der Waals surface area contributed by atoms with E-state index in [0.717, 1.165) is 23.8 Å². The van der Waals surface area contributed by atoms with Gasteiger partial charge in [-0.3, -0.25) is 25.0 Å². The summed E-state index contributed by atoms with van der Waals surface area (Å²) in [5.74, 6) is 0.829. The summed E-state index contributed by atoms with van der Waals surface area (Å²) in [6.45, 7) is 2.27. The van der Waals surface area contributed by atoms with Crippen LogP contribution in [0.15, 0.2) is 60.7 Å². The Kier molecular flexibility index (Phi) is 6.57. The highest BCUT2D eigenvalue weighted by Gasteiger charge is 2.26. The Hall–Kier alpha value is -4.61. The summed E-state index contributed by atoms with van der Waals surface area (Å²) in [7, 11) is 0. The molecule has 1 fully saturated rings. The molecule has 2 aromatic carbocycles. The fourth-order valence-corrected chi connectivity index (χ4v) is 3.63. The Morgan fingerprint density at radius 3 is 2.09 bits per heavy atom. The number of hydrogen-bond donors (Lipinski definition) is 1. The van der Waals surface area contributed by atoms with Crippen molar-refractivity contribution < 1.29 is 14.6 Å². The van der Waals surface area contributed by atoms with Gasteiger partial charge in [0.2, 0.25) is 0 Å². The van der Waals surface area contributed by atoms with Gasteiger partial charge in [0.15, 0.2) is 5.82 Å². The molecule has 1 N–H and O–H groups in total. The molecule has 0 spiro atoms. The molecular weight excluding hydrogens is 442 g/mol. The quantitative estimate of drug-likeness (QED) is 0.412. The first-order valence-electron chi connectivity index (χ1n) is 10.5. The van der Waals surface area contributed by atoms with Gasteiger partial charge in [-0.15, -0.1) is 10.2 Å². The molecule has 34 heavy (non-hydrogen) atoms. The second-order valence-corrected chi connectivity index (χ2v) is 7.65. The molecular formula is C22H21N7O5. The summed E-state index contributed by atoms with van der Waals surface area (Å²) in [5, 5.41) is 33.9. The molecule has 0 saturated carbocycles. The second-order valence-electron chi connectivity index (χ2n) is 7.65. The molecule has 3 aromatic rings. The van der Waals surface area contributed by atoms with Crippen LogP contribution in [-0.4, -0.2) is 57.0 Å². The Balaban J connectivity index is 1.36. The number of carbonyl (C=O) groups is 1. The van der Waals surface area contributed by atoms with Crippen molar-refractivity contribution in [3.8, 4) is 0 Å². The predicted molar refractivity (Wildman–Crippen MR) is 124 cm³/mol. The molecule has 1 saturated heterocycles. The van der Waals surface area contributed by atoms with Crippen LogP contribution in [0.4, 0.5) is 23.0 Å². The van der Waals surface area contributed by atoms with Crippen molar-refractivity contribution in [2.45, 2.75) is 6.54 Å². The summed E-state index contributed by atoms with van der Waals surface area (Å²) in [6, 6.07) is 16.6. The van der Waals surface area contributed by atoms with Crippen molar-refractivity contribution in [3.05, 3.63) is 92.0 Å². The van der Waals surface area contributed by atoms with Crippen molar-refractivity contribution in [2.24, 2.45) is 0 Å². The first-order chi connectivity index (χ1) is 16.4. The Bertz CT molecular complexity index is 1160. The first-order valence-corrected chi connectivity index (χ1v) is 10.5. The molecule has 1 aliphatic heterocycles. The van der Waals surface area contributed by atoms with E-state index >= 15 is 0 Å². The van der Waals surface area contributed by atoms with Crippen molar-refractivity contribution in [1.82, 2.24) is 15.1 Å². The number of hydrogen-bond acceptors (Lipinski definition) is 9. The van der Waals surface area contributed by atoms with Crippen LogP contribution in [0.2, 0.25) is 0 Å². The number of amides is 1. The van der Waals surface area contributed by atoms with Crippen LogP contribution in [0.3, 0.4) is 0 Å². The zero-order valence-electron chi connectivity index (χ0n) is 18.0. The number of piperazine rings is 1. The van der Waals surface area contributed by atoms with Crippen LogP contribution in [0.5, 0.6) is 0 Å². The number of non-ortho nitro benzene ring substituents is 2. The molecule has 1 aliphatic rings. The van der Waals surface area contributed by atoms with Crippen LogP contribution in [0.1, 0.15) is 15.9 Å². The van der Waals surface area contributed by atoms with E-state index in [1.807, 2.05) is 47.4 Å². The predicted octanol–water partition coefficient (Wildman–Crippen LogP) is 2.87. The summed E-state index contributed by atoms with van der Waals surface area (Å²) < 4.78 is 0. The maximum Gasteiger partial charge on any atom is 0.277 e. The van der Waals surface area contributed by atoms with Crippen molar-refractivity contribution in [1.29, 1.82) is 0 Å². The summed E-state index contributed by atoms with van der Waals surface area (Å²) in [4.78, 5) is 37.0. The average molecular weight is 463 g/mol. The van der Waals surface area contributed by atoms with Crippen molar-refractivity contribution >= 4 is 28.9 Å². The zero-order chi connectivity index (χ0) is 24.1. The van der Waals surface area contributed by atoms with Crippen molar-refractivity contribution in [2.75, 3.05) is 36.4 Å². The molecule has 174 valence electrons. The minimum atomic E-state index is -0.751. The lowest BCUT2D eigenvalue weighted by Crippen LogP contribution is -2.49. The molecule has 0 atom stereocenters. The Morgan fingerprint density at radius 1 is 0.882 bits per heavy atom. The summed E-state index contributed by atoms with van der Waals surface area (Å²) in [6.07, 6.45) is 0. The molecule has 0 bridgehead atoms. The number of nitro benzene ring substituents is 2. The van der Waals surface area contributed by atoms with Gasteiger partial charge in [0, 0.05) is 44.9 Å². The third kappa shape index (κ3) is 5.23. The standard InChI is InChI=1S/C22H21N7O5/c30-22(17-12-18(28(31)32)14-19(13-17)29(33)34)27-10-8-26(9-11-27)21-7-6-20(24-25-21)23-15-16-4-2-1-3-5-16/h1-7,12-14H,8-11,15H2,(H,23,24). The molecule has 12 nitrogen and oxygen atoms in total. The molecule has 1 aromatic heterocycles. The van der Waals surface area contributed by atoms with Crippen LogP contribution in [-0.2, 0) is 6.54 Å². The van der Waals surface area contributed by atoms with E-state index in [0.29, 0.717) is 44.4 Å². The number of benzene rings is 2. The van der Waals surface area contributed by atoms with Gasteiger partial charge in [-0.1, -0.05) is 30.3 Å². The van der Waals surface area contributed by atoms with E-state index < -0.39 is 27.1 Å². The zero-order valence-corrected chi connectivity index (χ0v) is 18.0. The number of carbonyl (C=O) groups excluding carboxylic acids is 1. The lowest BCUT2D eigenvalue weighted by Gasteiger charge is -2.35. The van der Waals surface area contributed by atoms with E-state index in [1.54, 1.807) is 0 Å². The third-order valence-electron chi connectivity index (χ3n) is 5.43. The molecule has 2 heterocycles. The number of nitrogens with one attached hydrogen (secondary N) is 1. The van der Waals surface area contributed by atoms with E-state index in [4.69, 9.17) is 0 Å². The van der Waals surface area contributed by atoms with Gasteiger partial charge in [0.1, 0.15) is 5.82 Å². The minimum absolute atomic E-state index is 0.0806. The smallest absolute Gasteiger partial charge is 0.277 e. The van der Waals surface area contributed by atoms with Gasteiger partial charge >= 0.3 is 0 Å². The van der Waals surface area contributed by atoms with Crippen molar-refractivity contribution in [3.63, 3.8) is 0 Å². The Morgan fingerprint density at radius 2 is 1.53 bits per heavy atom. The van der Waals surface area contributed by atoms with Gasteiger partial charge in [-0.05, 0) is 17.7 Å². The van der Waals surface area contributed by atoms with Gasteiger partial charge in [0.05, 0.1) is 21.5 Å². The highest BCUT2D eigenvalue weighted by molar-refractivity contribution is 5.95. The van der Waals surface area contributed by atoms with E-state index in [-0.39, 0.29) is 5.56 Å². The van der Waals surface area contributed by atoms with Gasteiger partial charge < -0.3 is 15.1 Å². The third-order valence-corrected chi connectivity index (χ3v) is 5.43. The highest BCUT2D eigenvalue weighted by atomic mass is 16.6. The number of nitrogens with zero attached hydrogens (tertiary/aromatic N) is 6. The summed E-state index contributed by atoms with van der Waals surface area (Å²) in [5.41, 5.74) is 0.0612. The first kappa shape index (κ1) is 22.6. The Labute approximate surface area is 194 Å². The minimum Gasteiger partial charge on any atom is -0.365 e. The van der Waals surface area contributed by atoms with E-state index in [1.165, 1.54) is 4.90 Å². The average Bonchev–Trinajstić information content (AvgIpc) is 2.87. The number of nitro groups is 2. The summed E-state index contributed by atoms with van der Waals surface area (Å²) >= 11 is 0. The van der Waals surface area contributed by atoms with Crippen LogP contribution in [0.25, 0.3) is 0 Å². The molecule has 12 heteroatoms. The van der Waals surface area contributed by atoms with Gasteiger partial charge in [0.25, 0.3) is 17.3 Å². The topological polar surface area (TPSA) is 148 Å². The monoisotopic (exact) mass is 463 g/mol. The highest BCUT2D eigenvalue weighted by Crippen LogP contribution is 2.24. The largest absolute Gasteiger partial charge is 0.365 e. The lowest BCUT2D eigenvalue weighted by molar-refractivity contribution is -0.394. The molecule has 0 aliphatic carbocycles. The van der Waals surface area contributed by atoms with Crippen LogP contribution < -0.4 is 10.2 Å². The van der Waals surface area contributed by atoms with Gasteiger partial charge in [-0.25, -0.2) is 0 Å². The number of rotatable bonds is 7. The van der Waals surface area contributed by atoms with Crippen LogP contribution >= 0.6 is 0 Å². The fraction of sp³-hybridized carbons (Fsp3) is 0.227. The molecule has 0 radical (unpaired) electrons. The fourth-order valence-electron chi connectivity index (χ4n) is 3.63. The molecule has 0 unspecified atom stereocenters. The normalized spacial score (nSPS) is 13.4. The molecule has 4 rings (SSSR count). The maximum atomic E-state index is 12.9. The van der Waals surface area contributed by atoms with E-state index in [9.17, 15) is 25.0 Å². The number of anilines is 2. The van der Waals surface area contributed by atoms with Crippen LogP contribution in [0, 0.1) is 20.2 Å². The SMILES string of the molecule is O=C(c1cc([N+](=O)[O-])cc([N+](=O)[O-])c1)N1CCN(c2ccc(NCc3ccccc3)nn2)CC1. The second kappa shape index (κ2) is 9.90. The maximum absolute atomic E-state index is 12.9. The molecule has 1 amide bonds. The lowest BCUT2D eigenvalue weighted by atomic mass is 10.1. The van der Waals surface area contributed by atoms with E-state index in [2.05, 4.69) is 15.5 Å². The van der Waals surface area contributed by atoms with Gasteiger partial charge in [-0.2, -0.15) is 0 Å². The number of aromatic nitrogens is 2.